The van der Waals surface area contributed by atoms with Crippen LogP contribution in [0.25, 0.3) is 0 Å². The van der Waals surface area contributed by atoms with E-state index in [9.17, 15) is 0 Å². The molecule has 1 aliphatic carbocycles. The van der Waals surface area contributed by atoms with Crippen LogP contribution in [0.2, 0.25) is 0 Å². The second kappa shape index (κ2) is 6.97. The van der Waals surface area contributed by atoms with E-state index in [-0.39, 0.29) is 0 Å². The van der Waals surface area contributed by atoms with Crippen LogP contribution in [0.15, 0.2) is 0 Å². The fourth-order valence-electron chi connectivity index (χ4n) is 1.77. The highest BCUT2D eigenvalue weighted by molar-refractivity contribution is 7.99. The van der Waals surface area contributed by atoms with Crippen LogP contribution < -0.4 is 0 Å². The molecule has 0 spiro atoms. The van der Waals surface area contributed by atoms with Crippen LogP contribution in [-0.4, -0.2) is 30.1 Å². The van der Waals surface area contributed by atoms with Gasteiger partial charge in [-0.1, -0.05) is 0 Å². The van der Waals surface area contributed by atoms with Gasteiger partial charge in [0.15, 0.2) is 0 Å². The number of rotatable bonds is 5. The van der Waals surface area contributed by atoms with E-state index in [0.29, 0.717) is 6.10 Å². The largest absolute Gasteiger partial charge is 0.381 e. The van der Waals surface area contributed by atoms with E-state index in [4.69, 9.17) is 16.3 Å². The Labute approximate surface area is 90.6 Å². The maximum absolute atomic E-state index is 5.64. The van der Waals surface area contributed by atoms with Crippen molar-refractivity contribution in [3.63, 3.8) is 0 Å². The first-order valence-electron chi connectivity index (χ1n) is 5.07. The van der Waals surface area contributed by atoms with Crippen LogP contribution in [0.3, 0.4) is 0 Å². The lowest BCUT2D eigenvalue weighted by atomic mass is 9.97. The van der Waals surface area contributed by atoms with Gasteiger partial charge in [0.2, 0.25) is 0 Å². The third-order valence-corrected chi connectivity index (χ3v) is 4.23. The van der Waals surface area contributed by atoms with Gasteiger partial charge in [-0.05, 0) is 37.9 Å². The molecule has 2 unspecified atom stereocenters. The molecule has 1 fully saturated rings. The molecule has 0 amide bonds. The SMILES string of the molecule is COC1CCCC(SCCCCl)C1. The Morgan fingerprint density at radius 3 is 3.00 bits per heavy atom. The molecule has 0 heterocycles. The summed E-state index contributed by atoms with van der Waals surface area (Å²) >= 11 is 7.71. The fraction of sp³-hybridized carbons (Fsp3) is 1.00. The zero-order valence-electron chi connectivity index (χ0n) is 8.30. The molecule has 0 radical (unpaired) electrons. The normalized spacial score (nSPS) is 29.1. The minimum absolute atomic E-state index is 0.516. The van der Waals surface area contributed by atoms with Crippen LogP contribution in [0.4, 0.5) is 0 Å². The monoisotopic (exact) mass is 222 g/mol. The van der Waals surface area contributed by atoms with E-state index in [2.05, 4.69) is 11.8 Å². The molecule has 0 aromatic rings. The predicted molar refractivity (Wildman–Crippen MR) is 60.8 cm³/mol. The van der Waals surface area contributed by atoms with Crippen molar-refractivity contribution in [3.05, 3.63) is 0 Å². The molecule has 3 heteroatoms. The Morgan fingerprint density at radius 2 is 2.31 bits per heavy atom. The predicted octanol–water partition coefficient (Wildman–Crippen LogP) is 3.31. The molecule has 0 saturated heterocycles. The summed E-state index contributed by atoms with van der Waals surface area (Å²) < 4.78 is 5.39. The molecule has 0 aromatic carbocycles. The third kappa shape index (κ3) is 4.57. The zero-order valence-corrected chi connectivity index (χ0v) is 9.87. The van der Waals surface area contributed by atoms with Crippen LogP contribution in [0.1, 0.15) is 32.1 Å². The molecule has 13 heavy (non-hydrogen) atoms. The van der Waals surface area contributed by atoms with Gasteiger partial charge in [0.05, 0.1) is 6.10 Å². The van der Waals surface area contributed by atoms with E-state index in [1.807, 2.05) is 7.11 Å². The number of alkyl halides is 1. The molecular formula is C10H19ClOS. The van der Waals surface area contributed by atoms with Crippen LogP contribution in [-0.2, 0) is 4.74 Å². The van der Waals surface area contributed by atoms with Crippen LogP contribution in [0, 0.1) is 0 Å². The van der Waals surface area contributed by atoms with Crippen molar-refractivity contribution >= 4 is 23.4 Å². The summed E-state index contributed by atoms with van der Waals surface area (Å²) in [5, 5.41) is 0.821. The van der Waals surface area contributed by atoms with Gasteiger partial charge in [0, 0.05) is 18.2 Å². The minimum Gasteiger partial charge on any atom is -0.381 e. The zero-order chi connectivity index (χ0) is 9.52. The van der Waals surface area contributed by atoms with Crippen molar-refractivity contribution < 1.29 is 4.74 Å². The quantitative estimate of drug-likeness (QED) is 0.522. The molecule has 1 nitrogen and oxygen atoms in total. The minimum atomic E-state index is 0.516. The molecule has 1 rings (SSSR count). The summed E-state index contributed by atoms with van der Waals surface area (Å²) in [5.41, 5.74) is 0. The van der Waals surface area contributed by atoms with Crippen molar-refractivity contribution in [1.29, 1.82) is 0 Å². The standard InChI is InChI=1S/C10H19ClOS/c1-12-9-4-2-5-10(8-9)13-7-3-6-11/h9-10H,2-8H2,1H3. The van der Waals surface area contributed by atoms with E-state index in [0.717, 1.165) is 17.6 Å². The molecule has 0 N–H and O–H groups in total. The van der Waals surface area contributed by atoms with Crippen molar-refractivity contribution in [2.24, 2.45) is 0 Å². The van der Waals surface area contributed by atoms with Gasteiger partial charge in [-0.15, -0.1) is 11.6 Å². The van der Waals surface area contributed by atoms with Crippen LogP contribution >= 0.6 is 23.4 Å². The van der Waals surface area contributed by atoms with Gasteiger partial charge < -0.3 is 4.74 Å². The lowest BCUT2D eigenvalue weighted by molar-refractivity contribution is 0.0730. The van der Waals surface area contributed by atoms with E-state index >= 15 is 0 Å². The Balaban J connectivity index is 2.11. The number of hydrogen-bond donors (Lipinski definition) is 0. The number of thioether (sulfide) groups is 1. The lowest BCUT2D eigenvalue weighted by Gasteiger charge is -2.27. The van der Waals surface area contributed by atoms with Crippen molar-refractivity contribution in [3.8, 4) is 0 Å². The third-order valence-electron chi connectivity index (χ3n) is 2.54. The summed E-state index contributed by atoms with van der Waals surface area (Å²) in [6.07, 6.45) is 6.85. The average Bonchev–Trinajstić information content (AvgIpc) is 2.19. The van der Waals surface area contributed by atoms with E-state index in [1.54, 1.807) is 0 Å². The summed E-state index contributed by atoms with van der Waals surface area (Å²) in [6, 6.07) is 0. The van der Waals surface area contributed by atoms with Crippen molar-refractivity contribution in [2.75, 3.05) is 18.7 Å². The second-order valence-corrected chi connectivity index (χ2v) is 5.35. The molecule has 1 aliphatic rings. The number of hydrogen-bond acceptors (Lipinski definition) is 2. The van der Waals surface area contributed by atoms with Gasteiger partial charge in [0.1, 0.15) is 0 Å². The van der Waals surface area contributed by atoms with Gasteiger partial charge in [0.25, 0.3) is 0 Å². The van der Waals surface area contributed by atoms with Gasteiger partial charge >= 0.3 is 0 Å². The molecule has 0 aliphatic heterocycles. The first-order valence-corrected chi connectivity index (χ1v) is 6.65. The molecular weight excluding hydrogens is 204 g/mol. The van der Waals surface area contributed by atoms with Gasteiger partial charge in [-0.25, -0.2) is 0 Å². The second-order valence-electron chi connectivity index (χ2n) is 3.56. The Kier molecular flexibility index (Phi) is 6.26. The fourth-order valence-corrected chi connectivity index (χ4v) is 3.39. The summed E-state index contributed by atoms with van der Waals surface area (Å²) in [6.45, 7) is 0. The van der Waals surface area contributed by atoms with Gasteiger partial charge in [-0.2, -0.15) is 11.8 Å². The smallest absolute Gasteiger partial charge is 0.0581 e. The van der Waals surface area contributed by atoms with E-state index < -0.39 is 0 Å². The maximum atomic E-state index is 5.64. The van der Waals surface area contributed by atoms with E-state index in [1.165, 1.54) is 31.4 Å². The molecule has 2 atom stereocenters. The first kappa shape index (κ1) is 11.7. The Bertz CT molecular complexity index is 132. The van der Waals surface area contributed by atoms with Crippen molar-refractivity contribution in [1.82, 2.24) is 0 Å². The summed E-state index contributed by atoms with van der Waals surface area (Å²) in [5.74, 6) is 2.01. The Hall–Kier alpha value is 0.600. The average molecular weight is 223 g/mol. The number of ether oxygens (including phenoxy) is 1. The molecule has 0 aromatic heterocycles. The number of methoxy groups -OCH3 is 1. The van der Waals surface area contributed by atoms with Gasteiger partial charge in [-0.3, -0.25) is 0 Å². The first-order chi connectivity index (χ1) is 6.36. The molecule has 78 valence electrons. The highest BCUT2D eigenvalue weighted by Crippen LogP contribution is 2.30. The highest BCUT2D eigenvalue weighted by Gasteiger charge is 2.21. The highest BCUT2D eigenvalue weighted by atomic mass is 35.5. The summed E-state index contributed by atoms with van der Waals surface area (Å²) in [4.78, 5) is 0. The lowest BCUT2D eigenvalue weighted by Crippen LogP contribution is -2.23. The molecule has 0 bridgehead atoms. The van der Waals surface area contributed by atoms with Crippen molar-refractivity contribution in [2.45, 2.75) is 43.5 Å². The summed E-state index contributed by atoms with van der Waals surface area (Å²) in [7, 11) is 1.83. The number of halogens is 1. The van der Waals surface area contributed by atoms with Crippen LogP contribution in [0.5, 0.6) is 0 Å². The maximum Gasteiger partial charge on any atom is 0.0581 e. The Morgan fingerprint density at radius 1 is 1.46 bits per heavy atom. The molecule has 1 saturated carbocycles. The topological polar surface area (TPSA) is 9.23 Å².